The van der Waals surface area contributed by atoms with E-state index in [0.717, 1.165) is 11.3 Å². The lowest BCUT2D eigenvalue weighted by molar-refractivity contribution is -0.119. The normalized spacial score (nSPS) is 15.2. The van der Waals surface area contributed by atoms with Crippen molar-refractivity contribution >= 4 is 17.3 Å². The largest absolute Gasteiger partial charge is 0.399 e. The number of nitrogen functional groups attached to an aromatic ring is 1. The van der Waals surface area contributed by atoms with Gasteiger partial charge in [0, 0.05) is 17.8 Å². The standard InChI is InChI=1S/C12H16N2O3/c13-9-2-3-11-8(5-9)1-4-12(17)14(11)10(6-15)7-16/h2-3,5,10,15-16H,1,4,6-7,13H2. The lowest BCUT2D eigenvalue weighted by Gasteiger charge is -2.34. The van der Waals surface area contributed by atoms with E-state index in [-0.39, 0.29) is 19.1 Å². The van der Waals surface area contributed by atoms with E-state index in [9.17, 15) is 15.0 Å². The maximum absolute atomic E-state index is 11.9. The maximum atomic E-state index is 11.9. The minimum absolute atomic E-state index is 0.0737. The molecule has 17 heavy (non-hydrogen) atoms. The monoisotopic (exact) mass is 236 g/mol. The second-order valence-electron chi connectivity index (χ2n) is 4.17. The Morgan fingerprint density at radius 1 is 1.29 bits per heavy atom. The summed E-state index contributed by atoms with van der Waals surface area (Å²) in [5.74, 6) is -0.0737. The Bertz CT molecular complexity index is 430. The zero-order valence-corrected chi connectivity index (χ0v) is 9.47. The number of nitrogens with two attached hydrogens (primary N) is 1. The molecule has 2 rings (SSSR count). The zero-order valence-electron chi connectivity index (χ0n) is 9.47. The molecule has 1 aromatic rings. The lowest BCUT2D eigenvalue weighted by Crippen LogP contribution is -2.47. The molecule has 1 amide bonds. The van der Waals surface area contributed by atoms with Crippen molar-refractivity contribution in [1.29, 1.82) is 0 Å². The van der Waals surface area contributed by atoms with Gasteiger partial charge in [-0.2, -0.15) is 0 Å². The van der Waals surface area contributed by atoms with Crippen molar-refractivity contribution in [2.24, 2.45) is 0 Å². The first-order valence-corrected chi connectivity index (χ1v) is 5.59. The Balaban J connectivity index is 2.43. The number of carbonyl (C=O) groups is 1. The molecule has 0 spiro atoms. The van der Waals surface area contributed by atoms with Crippen molar-refractivity contribution in [1.82, 2.24) is 0 Å². The van der Waals surface area contributed by atoms with Crippen LogP contribution in [0.25, 0.3) is 0 Å². The first kappa shape index (κ1) is 11.9. The van der Waals surface area contributed by atoms with E-state index in [1.54, 1.807) is 12.1 Å². The average Bonchev–Trinajstić information content (AvgIpc) is 2.33. The minimum Gasteiger partial charge on any atom is -0.399 e. The topological polar surface area (TPSA) is 86.8 Å². The molecule has 0 aliphatic carbocycles. The van der Waals surface area contributed by atoms with Crippen LogP contribution < -0.4 is 10.6 Å². The van der Waals surface area contributed by atoms with E-state index >= 15 is 0 Å². The highest BCUT2D eigenvalue weighted by atomic mass is 16.3. The minimum atomic E-state index is -0.579. The summed E-state index contributed by atoms with van der Waals surface area (Å²) in [4.78, 5) is 13.3. The predicted octanol–water partition coefficient (Wildman–Crippen LogP) is -0.0988. The van der Waals surface area contributed by atoms with Crippen LogP contribution in [-0.4, -0.2) is 35.4 Å². The van der Waals surface area contributed by atoms with E-state index in [1.165, 1.54) is 4.90 Å². The first-order chi connectivity index (χ1) is 8.17. The van der Waals surface area contributed by atoms with Crippen LogP contribution in [-0.2, 0) is 11.2 Å². The molecule has 5 nitrogen and oxygen atoms in total. The van der Waals surface area contributed by atoms with Crippen molar-refractivity contribution in [2.45, 2.75) is 18.9 Å². The van der Waals surface area contributed by atoms with E-state index in [0.29, 0.717) is 18.5 Å². The number of rotatable bonds is 3. The summed E-state index contributed by atoms with van der Waals surface area (Å²) < 4.78 is 0. The highest BCUT2D eigenvalue weighted by Crippen LogP contribution is 2.30. The molecule has 92 valence electrons. The number of carbonyl (C=O) groups excluding carboxylic acids is 1. The third-order valence-corrected chi connectivity index (χ3v) is 3.03. The number of hydrogen-bond acceptors (Lipinski definition) is 4. The highest BCUT2D eigenvalue weighted by Gasteiger charge is 2.29. The van der Waals surface area contributed by atoms with Crippen LogP contribution >= 0.6 is 0 Å². The van der Waals surface area contributed by atoms with Crippen molar-refractivity contribution < 1.29 is 15.0 Å². The van der Waals surface area contributed by atoms with Crippen molar-refractivity contribution in [3.63, 3.8) is 0 Å². The quantitative estimate of drug-likeness (QED) is 0.640. The molecule has 0 unspecified atom stereocenters. The van der Waals surface area contributed by atoms with Gasteiger partial charge in [-0.3, -0.25) is 4.79 Å². The summed E-state index contributed by atoms with van der Waals surface area (Å²) in [6.45, 7) is -0.516. The average molecular weight is 236 g/mol. The zero-order chi connectivity index (χ0) is 12.4. The number of hydrogen-bond donors (Lipinski definition) is 3. The highest BCUT2D eigenvalue weighted by molar-refractivity contribution is 5.97. The third kappa shape index (κ3) is 2.11. The van der Waals surface area contributed by atoms with E-state index in [4.69, 9.17) is 5.73 Å². The number of aliphatic hydroxyl groups is 2. The Kier molecular flexibility index (Phi) is 3.31. The molecular formula is C12H16N2O3. The van der Waals surface area contributed by atoms with Crippen LogP contribution in [0.2, 0.25) is 0 Å². The van der Waals surface area contributed by atoms with Crippen LogP contribution in [0.1, 0.15) is 12.0 Å². The number of aryl methyl sites for hydroxylation is 1. The Morgan fingerprint density at radius 2 is 2.00 bits per heavy atom. The molecule has 0 saturated heterocycles. The summed E-state index contributed by atoms with van der Waals surface area (Å²) in [5, 5.41) is 18.4. The summed E-state index contributed by atoms with van der Waals surface area (Å²) in [6, 6.07) is 4.74. The van der Waals surface area contributed by atoms with Gasteiger partial charge in [-0.15, -0.1) is 0 Å². The summed E-state index contributed by atoms with van der Waals surface area (Å²) in [6.07, 6.45) is 1.03. The van der Waals surface area contributed by atoms with E-state index in [2.05, 4.69) is 0 Å². The van der Waals surface area contributed by atoms with Gasteiger partial charge in [0.15, 0.2) is 0 Å². The number of nitrogens with zero attached hydrogens (tertiary/aromatic N) is 1. The van der Waals surface area contributed by atoms with E-state index in [1.807, 2.05) is 6.07 Å². The van der Waals surface area contributed by atoms with Crippen molar-refractivity contribution in [2.75, 3.05) is 23.8 Å². The molecule has 0 atom stereocenters. The smallest absolute Gasteiger partial charge is 0.227 e. The van der Waals surface area contributed by atoms with Crippen molar-refractivity contribution in [3.8, 4) is 0 Å². The third-order valence-electron chi connectivity index (χ3n) is 3.03. The lowest BCUT2D eigenvalue weighted by atomic mass is 9.99. The summed E-state index contributed by atoms with van der Waals surface area (Å²) in [7, 11) is 0. The van der Waals surface area contributed by atoms with E-state index < -0.39 is 6.04 Å². The maximum Gasteiger partial charge on any atom is 0.227 e. The number of anilines is 2. The second kappa shape index (κ2) is 4.73. The van der Waals surface area contributed by atoms with Crippen LogP contribution in [0.4, 0.5) is 11.4 Å². The van der Waals surface area contributed by atoms with Gasteiger partial charge in [-0.1, -0.05) is 0 Å². The molecule has 5 heteroatoms. The van der Waals surface area contributed by atoms with Gasteiger partial charge in [0.05, 0.1) is 19.3 Å². The van der Waals surface area contributed by atoms with Gasteiger partial charge in [-0.05, 0) is 30.2 Å². The SMILES string of the molecule is Nc1ccc2c(c1)CCC(=O)N2C(CO)CO. The fraction of sp³-hybridized carbons (Fsp3) is 0.417. The Hall–Kier alpha value is -1.59. The molecule has 0 bridgehead atoms. The molecule has 1 aliphatic rings. The molecule has 0 fully saturated rings. The number of fused-ring (bicyclic) bond motifs is 1. The summed E-state index contributed by atoms with van der Waals surface area (Å²) in [5.41, 5.74) is 8.08. The van der Waals surface area contributed by atoms with Gasteiger partial charge in [0.1, 0.15) is 0 Å². The fourth-order valence-corrected chi connectivity index (χ4v) is 2.16. The Morgan fingerprint density at radius 3 is 2.65 bits per heavy atom. The summed E-state index contributed by atoms with van der Waals surface area (Å²) >= 11 is 0. The molecule has 0 radical (unpaired) electrons. The van der Waals surface area contributed by atoms with Gasteiger partial charge < -0.3 is 20.8 Å². The predicted molar refractivity (Wildman–Crippen MR) is 64.6 cm³/mol. The molecule has 1 aliphatic heterocycles. The number of aliphatic hydroxyl groups excluding tert-OH is 2. The molecular weight excluding hydrogens is 220 g/mol. The van der Waals surface area contributed by atoms with Gasteiger partial charge in [0.25, 0.3) is 0 Å². The molecule has 0 saturated carbocycles. The van der Waals surface area contributed by atoms with Gasteiger partial charge in [-0.25, -0.2) is 0 Å². The molecule has 1 aromatic carbocycles. The van der Waals surface area contributed by atoms with Crippen LogP contribution in [0.3, 0.4) is 0 Å². The number of benzene rings is 1. The van der Waals surface area contributed by atoms with Crippen LogP contribution in [0, 0.1) is 0 Å². The molecule has 4 N–H and O–H groups in total. The van der Waals surface area contributed by atoms with Crippen LogP contribution in [0.5, 0.6) is 0 Å². The Labute approximate surface area is 99.5 Å². The number of amides is 1. The molecule has 0 aromatic heterocycles. The fourth-order valence-electron chi connectivity index (χ4n) is 2.16. The van der Waals surface area contributed by atoms with Crippen molar-refractivity contribution in [3.05, 3.63) is 23.8 Å². The second-order valence-corrected chi connectivity index (χ2v) is 4.17. The molecule has 1 heterocycles. The van der Waals surface area contributed by atoms with Gasteiger partial charge >= 0.3 is 0 Å². The first-order valence-electron chi connectivity index (χ1n) is 5.59. The van der Waals surface area contributed by atoms with Gasteiger partial charge in [0.2, 0.25) is 5.91 Å². The van der Waals surface area contributed by atoms with Crippen LogP contribution in [0.15, 0.2) is 18.2 Å².